The van der Waals surface area contributed by atoms with Gasteiger partial charge in [-0.25, -0.2) is 13.1 Å². The normalized spacial score (nSPS) is 15.1. The van der Waals surface area contributed by atoms with E-state index in [4.69, 9.17) is 17.3 Å². The van der Waals surface area contributed by atoms with Crippen molar-refractivity contribution in [2.75, 3.05) is 24.3 Å². The number of aryl methyl sites for hydroxylation is 1. The lowest BCUT2D eigenvalue weighted by Crippen LogP contribution is -2.42. The highest BCUT2D eigenvalue weighted by Gasteiger charge is 2.25. The summed E-state index contributed by atoms with van der Waals surface area (Å²) in [6.07, 6.45) is 1.83. The van der Waals surface area contributed by atoms with Gasteiger partial charge in [-0.05, 0) is 37.8 Å². The van der Waals surface area contributed by atoms with Gasteiger partial charge in [0.15, 0.2) is 0 Å². The maximum atomic E-state index is 12.2. The molecular formula is C12H19ClN2O3S2. The Bertz CT molecular complexity index is 589. The molecule has 4 N–H and O–H groups in total. The summed E-state index contributed by atoms with van der Waals surface area (Å²) in [5.74, 6) is 0.416. The zero-order valence-electron chi connectivity index (χ0n) is 11.6. The highest BCUT2D eigenvalue weighted by molar-refractivity contribution is 7.98. The fourth-order valence-corrected chi connectivity index (χ4v) is 4.07. The predicted octanol–water partition coefficient (Wildman–Crippen LogP) is 1.62. The molecule has 20 heavy (non-hydrogen) atoms. The van der Waals surface area contributed by atoms with Gasteiger partial charge < -0.3 is 10.8 Å². The molecule has 0 radical (unpaired) electrons. The molecule has 0 spiro atoms. The first kappa shape index (κ1) is 17.6. The van der Waals surface area contributed by atoms with Gasteiger partial charge >= 0.3 is 0 Å². The largest absolute Gasteiger partial charge is 0.398 e. The summed E-state index contributed by atoms with van der Waals surface area (Å²) in [6.45, 7) is 3.21. The van der Waals surface area contributed by atoms with Gasteiger partial charge in [-0.3, -0.25) is 0 Å². The number of benzene rings is 1. The van der Waals surface area contributed by atoms with E-state index in [2.05, 4.69) is 4.72 Å². The fraction of sp³-hybridized carbons (Fsp3) is 0.500. The first-order valence-corrected chi connectivity index (χ1v) is 9.11. The lowest BCUT2D eigenvalue weighted by Gasteiger charge is -2.22. The Morgan fingerprint density at radius 1 is 1.50 bits per heavy atom. The Hall–Kier alpha value is -0.470. The smallest absolute Gasteiger partial charge is 0.242 e. The fourth-order valence-electron chi connectivity index (χ4n) is 1.56. The molecule has 1 aromatic carbocycles. The van der Waals surface area contributed by atoms with Crippen molar-refractivity contribution >= 4 is 39.1 Å². The lowest BCUT2D eigenvalue weighted by atomic mass is 10.1. The van der Waals surface area contributed by atoms with E-state index in [9.17, 15) is 13.5 Å². The molecule has 5 nitrogen and oxygen atoms in total. The van der Waals surface area contributed by atoms with Gasteiger partial charge in [0.2, 0.25) is 10.0 Å². The van der Waals surface area contributed by atoms with E-state index in [-0.39, 0.29) is 16.5 Å². The number of nitrogens with one attached hydrogen (secondary N) is 1. The number of nitrogens with two attached hydrogens (primary N) is 1. The van der Waals surface area contributed by atoms with Gasteiger partial charge in [-0.1, -0.05) is 11.6 Å². The quantitative estimate of drug-likeness (QED) is 0.685. The van der Waals surface area contributed by atoms with E-state index in [1.165, 1.54) is 23.9 Å². The zero-order valence-corrected chi connectivity index (χ0v) is 14.0. The number of rotatable bonds is 6. The molecule has 0 aliphatic carbocycles. The van der Waals surface area contributed by atoms with E-state index in [1.54, 1.807) is 13.8 Å². The molecule has 0 aliphatic heterocycles. The molecule has 0 amide bonds. The Labute approximate surface area is 128 Å². The number of anilines is 1. The molecule has 0 heterocycles. The molecular weight excluding hydrogens is 320 g/mol. The molecule has 1 unspecified atom stereocenters. The van der Waals surface area contributed by atoms with Crippen molar-refractivity contribution < 1.29 is 13.5 Å². The monoisotopic (exact) mass is 338 g/mol. The maximum Gasteiger partial charge on any atom is 0.242 e. The zero-order chi connectivity index (χ0) is 15.6. The van der Waals surface area contributed by atoms with Gasteiger partial charge in [0.25, 0.3) is 0 Å². The van der Waals surface area contributed by atoms with Crippen molar-refractivity contribution in [2.45, 2.75) is 24.3 Å². The first-order chi connectivity index (χ1) is 9.09. The van der Waals surface area contributed by atoms with Gasteiger partial charge in [0.05, 0.1) is 10.6 Å². The summed E-state index contributed by atoms with van der Waals surface area (Å²) in [4.78, 5) is -0.0813. The summed E-state index contributed by atoms with van der Waals surface area (Å²) in [6, 6.07) is 2.83. The molecule has 0 bridgehead atoms. The molecule has 0 fully saturated rings. The van der Waals surface area contributed by atoms with Crippen LogP contribution in [0.2, 0.25) is 5.02 Å². The summed E-state index contributed by atoms with van der Waals surface area (Å²) in [5.41, 5.74) is 5.65. The van der Waals surface area contributed by atoms with E-state index >= 15 is 0 Å². The Kier molecular flexibility index (Phi) is 5.74. The van der Waals surface area contributed by atoms with Crippen molar-refractivity contribution in [2.24, 2.45) is 0 Å². The van der Waals surface area contributed by atoms with Crippen molar-refractivity contribution in [3.63, 3.8) is 0 Å². The summed E-state index contributed by atoms with van der Waals surface area (Å²) < 4.78 is 26.8. The van der Waals surface area contributed by atoms with Crippen molar-refractivity contribution in [3.05, 3.63) is 22.7 Å². The SMILES string of the molecule is CSCC(C)(O)CNS(=O)(=O)c1cc(N)c(C)cc1Cl. The average Bonchev–Trinajstić information content (AvgIpc) is 2.31. The van der Waals surface area contributed by atoms with Crippen LogP contribution in [0.1, 0.15) is 12.5 Å². The third kappa shape index (κ3) is 4.53. The molecule has 0 saturated carbocycles. The molecule has 114 valence electrons. The average molecular weight is 339 g/mol. The van der Waals surface area contributed by atoms with Crippen LogP contribution in [0, 0.1) is 6.92 Å². The number of aliphatic hydroxyl groups is 1. The van der Waals surface area contributed by atoms with Crippen LogP contribution in [0.3, 0.4) is 0 Å². The van der Waals surface area contributed by atoms with Gasteiger partial charge in [-0.15, -0.1) is 0 Å². The van der Waals surface area contributed by atoms with Gasteiger partial charge in [0, 0.05) is 18.0 Å². The van der Waals surface area contributed by atoms with E-state index < -0.39 is 15.6 Å². The standard InChI is InChI=1S/C12H19ClN2O3S2/c1-8-4-9(13)11(5-10(8)14)20(17,18)15-6-12(2,16)7-19-3/h4-5,15-16H,6-7,14H2,1-3H3. The Morgan fingerprint density at radius 3 is 2.65 bits per heavy atom. The van der Waals surface area contributed by atoms with Crippen LogP contribution in [0.5, 0.6) is 0 Å². The number of nitrogen functional groups attached to an aromatic ring is 1. The highest BCUT2D eigenvalue weighted by Crippen LogP contribution is 2.26. The number of hydrogen-bond acceptors (Lipinski definition) is 5. The number of thioether (sulfide) groups is 1. The third-order valence-corrected chi connectivity index (χ3v) is 5.48. The molecule has 1 atom stereocenters. The first-order valence-electron chi connectivity index (χ1n) is 5.86. The highest BCUT2D eigenvalue weighted by atomic mass is 35.5. The van der Waals surface area contributed by atoms with Crippen LogP contribution in [0.4, 0.5) is 5.69 Å². The minimum absolute atomic E-state index is 0.0813. The van der Waals surface area contributed by atoms with E-state index in [0.29, 0.717) is 17.0 Å². The molecule has 0 aromatic heterocycles. The van der Waals surface area contributed by atoms with Crippen molar-refractivity contribution in [1.29, 1.82) is 0 Å². The Morgan fingerprint density at radius 2 is 2.10 bits per heavy atom. The summed E-state index contributed by atoms with van der Waals surface area (Å²) >= 11 is 7.39. The van der Waals surface area contributed by atoms with Gasteiger partial charge in [-0.2, -0.15) is 11.8 Å². The topological polar surface area (TPSA) is 92.4 Å². The van der Waals surface area contributed by atoms with Crippen LogP contribution < -0.4 is 10.5 Å². The number of hydrogen-bond donors (Lipinski definition) is 3. The van der Waals surface area contributed by atoms with Crippen LogP contribution >= 0.6 is 23.4 Å². The number of sulfonamides is 1. The second-order valence-electron chi connectivity index (χ2n) is 4.89. The van der Waals surface area contributed by atoms with Gasteiger partial charge in [0.1, 0.15) is 4.90 Å². The van der Waals surface area contributed by atoms with Crippen molar-refractivity contribution in [1.82, 2.24) is 4.72 Å². The molecule has 1 aromatic rings. The van der Waals surface area contributed by atoms with Crippen LogP contribution in [0.15, 0.2) is 17.0 Å². The minimum Gasteiger partial charge on any atom is -0.398 e. The van der Waals surface area contributed by atoms with E-state index in [0.717, 1.165) is 0 Å². The maximum absolute atomic E-state index is 12.2. The predicted molar refractivity (Wildman–Crippen MR) is 84.8 cm³/mol. The molecule has 0 saturated heterocycles. The van der Waals surface area contributed by atoms with Crippen LogP contribution in [0.25, 0.3) is 0 Å². The third-order valence-electron chi connectivity index (χ3n) is 2.71. The lowest BCUT2D eigenvalue weighted by molar-refractivity contribution is 0.0908. The molecule has 0 aliphatic rings. The summed E-state index contributed by atoms with van der Waals surface area (Å²) in [7, 11) is -3.81. The van der Waals surface area contributed by atoms with Crippen molar-refractivity contribution in [3.8, 4) is 0 Å². The molecule has 8 heteroatoms. The Balaban J connectivity index is 2.98. The van der Waals surface area contributed by atoms with Crippen LogP contribution in [-0.4, -0.2) is 37.7 Å². The van der Waals surface area contributed by atoms with E-state index in [1.807, 2.05) is 6.26 Å². The van der Waals surface area contributed by atoms with Crippen LogP contribution in [-0.2, 0) is 10.0 Å². The second kappa shape index (κ2) is 6.53. The second-order valence-corrected chi connectivity index (χ2v) is 7.90. The summed E-state index contributed by atoms with van der Waals surface area (Å²) in [5, 5.41) is 10.1. The minimum atomic E-state index is -3.81. The molecule has 1 rings (SSSR count). The number of halogens is 1.